The van der Waals surface area contributed by atoms with Crippen LogP contribution in [-0.4, -0.2) is 41.2 Å². The second kappa shape index (κ2) is 4.70. The number of rotatable bonds is 2. The molecule has 1 N–H and O–H groups in total. The van der Waals surface area contributed by atoms with Gasteiger partial charge in [0, 0.05) is 0 Å². The molecule has 5 nitrogen and oxygen atoms in total. The highest BCUT2D eigenvalue weighted by atomic mass is 32.1. The minimum atomic E-state index is -0.260. The van der Waals surface area contributed by atoms with Crippen molar-refractivity contribution in [3.05, 3.63) is 24.3 Å². The molecule has 2 aliphatic heterocycles. The standard InChI is InChI=1S/C13H14N2O3S/c1-8-12(16)15(13(19)14-8)6-9-7-17-10-4-2-3-5-11(10)18-9/h2-5,8-9H,6-7H2,1H3,(H,14,19)/t8-,9-/m0/s1. The van der Waals surface area contributed by atoms with E-state index in [0.29, 0.717) is 24.0 Å². The Morgan fingerprint density at radius 3 is 2.84 bits per heavy atom. The summed E-state index contributed by atoms with van der Waals surface area (Å²) < 4.78 is 11.4. The molecule has 19 heavy (non-hydrogen) atoms. The fraction of sp³-hybridized carbons (Fsp3) is 0.385. The fourth-order valence-corrected chi connectivity index (χ4v) is 2.53. The zero-order chi connectivity index (χ0) is 13.4. The fourth-order valence-electron chi connectivity index (χ4n) is 2.19. The van der Waals surface area contributed by atoms with Gasteiger partial charge in [-0.2, -0.15) is 0 Å². The van der Waals surface area contributed by atoms with Gasteiger partial charge in [-0.1, -0.05) is 12.1 Å². The number of carbonyl (C=O) groups excluding carboxylic acids is 1. The van der Waals surface area contributed by atoms with E-state index in [4.69, 9.17) is 21.7 Å². The number of hydrogen-bond donors (Lipinski definition) is 1. The van der Waals surface area contributed by atoms with Crippen molar-refractivity contribution in [1.82, 2.24) is 10.2 Å². The summed E-state index contributed by atoms with van der Waals surface area (Å²) in [5.74, 6) is 1.42. The Balaban J connectivity index is 1.70. The summed E-state index contributed by atoms with van der Waals surface area (Å²) in [6.45, 7) is 2.61. The molecule has 0 bridgehead atoms. The number of nitrogens with zero attached hydrogens (tertiary/aromatic N) is 1. The van der Waals surface area contributed by atoms with E-state index in [0.717, 1.165) is 5.75 Å². The molecule has 0 unspecified atom stereocenters. The van der Waals surface area contributed by atoms with Gasteiger partial charge in [0.2, 0.25) is 0 Å². The van der Waals surface area contributed by atoms with Gasteiger partial charge in [-0.15, -0.1) is 0 Å². The normalized spacial score (nSPS) is 25.4. The first-order chi connectivity index (χ1) is 9.15. The van der Waals surface area contributed by atoms with Gasteiger partial charge in [-0.05, 0) is 31.3 Å². The molecule has 1 fully saturated rings. The van der Waals surface area contributed by atoms with Crippen molar-refractivity contribution >= 4 is 23.2 Å². The van der Waals surface area contributed by atoms with Crippen LogP contribution in [0.3, 0.4) is 0 Å². The van der Waals surface area contributed by atoms with Crippen LogP contribution >= 0.6 is 12.2 Å². The minimum Gasteiger partial charge on any atom is -0.486 e. The zero-order valence-corrected chi connectivity index (χ0v) is 11.3. The van der Waals surface area contributed by atoms with E-state index in [1.54, 1.807) is 11.8 Å². The Hall–Kier alpha value is -1.82. The predicted molar refractivity (Wildman–Crippen MR) is 73.3 cm³/mol. The first-order valence-electron chi connectivity index (χ1n) is 6.15. The summed E-state index contributed by atoms with van der Waals surface area (Å²) in [6, 6.07) is 7.24. The maximum atomic E-state index is 11.9. The molecular weight excluding hydrogens is 264 g/mol. The number of benzene rings is 1. The Morgan fingerprint density at radius 1 is 1.42 bits per heavy atom. The predicted octanol–water partition coefficient (Wildman–Crippen LogP) is 0.932. The number of nitrogens with one attached hydrogen (secondary N) is 1. The molecule has 6 heteroatoms. The molecule has 0 aliphatic carbocycles. The zero-order valence-electron chi connectivity index (χ0n) is 10.5. The van der Waals surface area contributed by atoms with Crippen LogP contribution in [0, 0.1) is 0 Å². The lowest BCUT2D eigenvalue weighted by Crippen LogP contribution is -2.43. The van der Waals surface area contributed by atoms with E-state index < -0.39 is 0 Å². The second-order valence-electron chi connectivity index (χ2n) is 4.62. The Labute approximate surface area is 116 Å². The molecule has 100 valence electrons. The van der Waals surface area contributed by atoms with Crippen LogP contribution in [0.25, 0.3) is 0 Å². The molecular formula is C13H14N2O3S. The number of fused-ring (bicyclic) bond motifs is 1. The van der Waals surface area contributed by atoms with Crippen LogP contribution in [0.4, 0.5) is 0 Å². The number of thiocarbonyl (C=S) groups is 1. The van der Waals surface area contributed by atoms with Gasteiger partial charge in [0.15, 0.2) is 22.7 Å². The van der Waals surface area contributed by atoms with E-state index >= 15 is 0 Å². The quantitative estimate of drug-likeness (QED) is 0.816. The van der Waals surface area contributed by atoms with E-state index in [1.165, 1.54) is 0 Å². The number of ether oxygens (including phenoxy) is 2. The van der Waals surface area contributed by atoms with Crippen molar-refractivity contribution in [3.8, 4) is 11.5 Å². The van der Waals surface area contributed by atoms with Crippen molar-refractivity contribution in [3.63, 3.8) is 0 Å². The first-order valence-corrected chi connectivity index (χ1v) is 6.56. The number of amides is 1. The maximum Gasteiger partial charge on any atom is 0.251 e. The molecule has 2 atom stereocenters. The molecule has 3 rings (SSSR count). The molecule has 2 aliphatic rings. The lowest BCUT2D eigenvalue weighted by molar-refractivity contribution is -0.127. The summed E-state index contributed by atoms with van der Waals surface area (Å²) in [4.78, 5) is 13.5. The summed E-state index contributed by atoms with van der Waals surface area (Å²) in [6.07, 6.45) is -0.205. The van der Waals surface area contributed by atoms with Gasteiger partial charge in [0.1, 0.15) is 12.6 Å². The lowest BCUT2D eigenvalue weighted by atomic mass is 10.2. The van der Waals surface area contributed by atoms with Crippen molar-refractivity contribution in [2.75, 3.05) is 13.2 Å². The van der Waals surface area contributed by atoms with Gasteiger partial charge < -0.3 is 14.8 Å². The van der Waals surface area contributed by atoms with Crippen LogP contribution in [-0.2, 0) is 4.79 Å². The van der Waals surface area contributed by atoms with Crippen molar-refractivity contribution in [2.45, 2.75) is 19.1 Å². The SMILES string of the molecule is C[C@@H]1NC(=S)N(C[C@H]2COc3ccccc3O2)C1=O. The monoisotopic (exact) mass is 278 g/mol. The minimum absolute atomic E-state index is 0.0209. The average molecular weight is 278 g/mol. The van der Waals surface area contributed by atoms with E-state index in [2.05, 4.69) is 5.32 Å². The third-order valence-electron chi connectivity index (χ3n) is 3.18. The van der Waals surface area contributed by atoms with Gasteiger partial charge >= 0.3 is 0 Å². The lowest BCUT2D eigenvalue weighted by Gasteiger charge is -2.29. The van der Waals surface area contributed by atoms with Crippen LogP contribution in [0.5, 0.6) is 11.5 Å². The summed E-state index contributed by atoms with van der Waals surface area (Å²) >= 11 is 5.14. The first kappa shape index (κ1) is 12.2. The molecule has 1 saturated heterocycles. The largest absolute Gasteiger partial charge is 0.486 e. The Kier molecular flexibility index (Phi) is 3.02. The molecule has 0 spiro atoms. The van der Waals surface area contributed by atoms with E-state index in [-0.39, 0.29) is 18.1 Å². The maximum absolute atomic E-state index is 11.9. The third kappa shape index (κ3) is 2.23. The Morgan fingerprint density at radius 2 is 2.16 bits per heavy atom. The van der Waals surface area contributed by atoms with Gasteiger partial charge in [0.05, 0.1) is 6.54 Å². The Bertz CT molecular complexity index is 534. The topological polar surface area (TPSA) is 50.8 Å². The second-order valence-corrected chi connectivity index (χ2v) is 5.00. The molecule has 1 aromatic carbocycles. The summed E-state index contributed by atoms with van der Waals surface area (Å²) in [7, 11) is 0. The molecule has 2 heterocycles. The summed E-state index contributed by atoms with van der Waals surface area (Å²) in [5, 5.41) is 3.40. The number of carbonyl (C=O) groups is 1. The molecule has 0 radical (unpaired) electrons. The highest BCUT2D eigenvalue weighted by Crippen LogP contribution is 2.31. The highest BCUT2D eigenvalue weighted by molar-refractivity contribution is 7.80. The van der Waals surface area contributed by atoms with Gasteiger partial charge in [-0.25, -0.2) is 0 Å². The van der Waals surface area contributed by atoms with E-state index in [1.807, 2.05) is 24.3 Å². The summed E-state index contributed by atoms with van der Waals surface area (Å²) in [5.41, 5.74) is 0. The molecule has 0 saturated carbocycles. The van der Waals surface area contributed by atoms with Crippen LogP contribution in [0.2, 0.25) is 0 Å². The number of para-hydroxylation sites is 2. The highest BCUT2D eigenvalue weighted by Gasteiger charge is 2.35. The van der Waals surface area contributed by atoms with Crippen LogP contribution < -0.4 is 14.8 Å². The van der Waals surface area contributed by atoms with Crippen molar-refractivity contribution in [2.24, 2.45) is 0 Å². The molecule has 1 aromatic rings. The van der Waals surface area contributed by atoms with E-state index in [9.17, 15) is 4.79 Å². The van der Waals surface area contributed by atoms with Crippen LogP contribution in [0.1, 0.15) is 6.92 Å². The number of hydrogen-bond acceptors (Lipinski definition) is 4. The average Bonchev–Trinajstić information content (AvgIpc) is 2.65. The van der Waals surface area contributed by atoms with Gasteiger partial charge in [-0.3, -0.25) is 9.69 Å². The van der Waals surface area contributed by atoms with Crippen LogP contribution in [0.15, 0.2) is 24.3 Å². The van der Waals surface area contributed by atoms with Crippen molar-refractivity contribution in [1.29, 1.82) is 0 Å². The third-order valence-corrected chi connectivity index (χ3v) is 3.51. The smallest absolute Gasteiger partial charge is 0.251 e. The van der Waals surface area contributed by atoms with Crippen molar-refractivity contribution < 1.29 is 14.3 Å². The molecule has 1 amide bonds. The van der Waals surface area contributed by atoms with Gasteiger partial charge in [0.25, 0.3) is 5.91 Å². The molecule has 0 aromatic heterocycles.